The third kappa shape index (κ3) is 4.93. The molecule has 36 heavy (non-hydrogen) atoms. The summed E-state index contributed by atoms with van der Waals surface area (Å²) in [5.74, 6) is -0.0981. The van der Waals surface area contributed by atoms with Crippen LogP contribution in [0.15, 0.2) is 42.5 Å². The number of anilines is 2. The number of hydrogen-bond donors (Lipinski definition) is 3. The van der Waals surface area contributed by atoms with Crippen LogP contribution in [0.2, 0.25) is 5.02 Å². The lowest BCUT2D eigenvalue weighted by atomic mass is 9.96. The number of halogens is 4. The van der Waals surface area contributed by atoms with E-state index in [-0.39, 0.29) is 23.0 Å². The van der Waals surface area contributed by atoms with Gasteiger partial charge in [-0.2, -0.15) is 18.3 Å². The quantitative estimate of drug-likeness (QED) is 0.393. The standard InChI is InChI=1S/C24H24ClF3N4O4/c1-12(33)13-5-4-6-15(9-13)29-23(34)21-20(25)22-30-16(11-19(24(26,27)28)32(22)31-21)14-7-8-17(35-2)18(10-14)36-3/h4-10,12,16,19,30,33H,11H2,1-3H3,(H,29,34)/t12-,16-,19+/m1/s1. The van der Waals surface area contributed by atoms with E-state index in [1.807, 2.05) is 0 Å². The van der Waals surface area contributed by atoms with Gasteiger partial charge in [-0.15, -0.1) is 0 Å². The Morgan fingerprint density at radius 1 is 1.22 bits per heavy atom. The van der Waals surface area contributed by atoms with E-state index in [0.29, 0.717) is 33.0 Å². The Bertz CT molecular complexity index is 1280. The Morgan fingerprint density at radius 3 is 2.58 bits per heavy atom. The number of carbonyl (C=O) groups is 1. The number of fused-ring (bicyclic) bond motifs is 1. The largest absolute Gasteiger partial charge is 0.493 e. The minimum atomic E-state index is -4.65. The van der Waals surface area contributed by atoms with E-state index in [2.05, 4.69) is 15.7 Å². The number of methoxy groups -OCH3 is 2. The minimum Gasteiger partial charge on any atom is -0.493 e. The number of aromatic nitrogens is 2. The predicted octanol–water partition coefficient (Wildman–Crippen LogP) is 5.52. The number of nitrogens with one attached hydrogen (secondary N) is 2. The molecule has 3 N–H and O–H groups in total. The van der Waals surface area contributed by atoms with Crippen LogP contribution in [0.4, 0.5) is 24.7 Å². The number of carbonyl (C=O) groups excluding carboxylic acids is 1. The van der Waals surface area contributed by atoms with Gasteiger partial charge in [0, 0.05) is 12.1 Å². The van der Waals surface area contributed by atoms with E-state index in [4.69, 9.17) is 21.1 Å². The summed E-state index contributed by atoms with van der Waals surface area (Å²) in [5.41, 5.74) is 1.05. The fourth-order valence-corrected chi connectivity index (χ4v) is 4.35. The first-order valence-electron chi connectivity index (χ1n) is 11.0. The number of nitrogens with zero attached hydrogens (tertiary/aromatic N) is 2. The van der Waals surface area contributed by atoms with Crippen LogP contribution in [0.25, 0.3) is 0 Å². The molecular formula is C24H24ClF3N4O4. The van der Waals surface area contributed by atoms with Crippen LogP contribution >= 0.6 is 11.6 Å². The van der Waals surface area contributed by atoms with Crippen molar-refractivity contribution in [1.29, 1.82) is 0 Å². The fourth-order valence-electron chi connectivity index (χ4n) is 4.09. The number of aliphatic hydroxyl groups is 1. The first-order chi connectivity index (χ1) is 17.0. The van der Waals surface area contributed by atoms with Crippen molar-refractivity contribution in [3.8, 4) is 11.5 Å². The van der Waals surface area contributed by atoms with Gasteiger partial charge in [-0.25, -0.2) is 4.68 Å². The van der Waals surface area contributed by atoms with Gasteiger partial charge in [0.1, 0.15) is 10.8 Å². The van der Waals surface area contributed by atoms with Crippen molar-refractivity contribution in [3.05, 3.63) is 64.3 Å². The van der Waals surface area contributed by atoms with Crippen LogP contribution < -0.4 is 20.1 Å². The zero-order valence-corrected chi connectivity index (χ0v) is 20.3. The molecule has 192 valence electrons. The first kappa shape index (κ1) is 25.6. The molecule has 8 nitrogen and oxygen atoms in total. The van der Waals surface area contributed by atoms with Crippen LogP contribution in [-0.2, 0) is 0 Å². The number of alkyl halides is 3. The van der Waals surface area contributed by atoms with E-state index in [0.717, 1.165) is 0 Å². The van der Waals surface area contributed by atoms with Gasteiger partial charge in [-0.1, -0.05) is 29.8 Å². The lowest BCUT2D eigenvalue weighted by molar-refractivity contribution is -0.173. The monoisotopic (exact) mass is 524 g/mol. The molecule has 1 aliphatic rings. The van der Waals surface area contributed by atoms with Crippen LogP contribution in [-0.4, -0.2) is 41.2 Å². The van der Waals surface area contributed by atoms with Crippen molar-refractivity contribution in [2.75, 3.05) is 24.9 Å². The van der Waals surface area contributed by atoms with Gasteiger partial charge < -0.3 is 25.2 Å². The molecule has 1 aromatic heterocycles. The summed E-state index contributed by atoms with van der Waals surface area (Å²) < 4.78 is 53.4. The number of ether oxygens (including phenoxy) is 2. The van der Waals surface area contributed by atoms with Crippen LogP contribution in [0.3, 0.4) is 0 Å². The highest BCUT2D eigenvalue weighted by molar-refractivity contribution is 6.36. The topological polar surface area (TPSA) is 97.6 Å². The van der Waals surface area contributed by atoms with Gasteiger partial charge in [-0.05, 0) is 42.3 Å². The minimum absolute atomic E-state index is 0.118. The molecule has 0 bridgehead atoms. The zero-order valence-electron chi connectivity index (χ0n) is 19.6. The molecule has 12 heteroatoms. The molecule has 0 fully saturated rings. The van der Waals surface area contributed by atoms with E-state index in [1.165, 1.54) is 14.2 Å². The van der Waals surface area contributed by atoms with Crippen molar-refractivity contribution in [2.24, 2.45) is 0 Å². The molecule has 3 aromatic rings. The SMILES string of the molecule is COc1ccc([C@H]2C[C@@H](C(F)(F)F)n3nc(C(=O)Nc4cccc([C@@H](C)O)c4)c(Cl)c3N2)cc1OC. The smallest absolute Gasteiger partial charge is 0.410 e. The summed E-state index contributed by atoms with van der Waals surface area (Å²) in [6.45, 7) is 1.57. The second-order valence-corrected chi connectivity index (χ2v) is 8.69. The normalized spacial score (nSPS) is 18.1. The van der Waals surface area contributed by atoms with E-state index >= 15 is 0 Å². The Labute approximate surface area is 210 Å². The Balaban J connectivity index is 1.69. The number of rotatable bonds is 6. The number of amides is 1. The third-order valence-electron chi connectivity index (χ3n) is 5.95. The molecule has 0 aliphatic carbocycles. The molecule has 3 atom stereocenters. The fraction of sp³-hybridized carbons (Fsp3) is 0.333. The molecule has 0 unspecified atom stereocenters. The summed E-state index contributed by atoms with van der Waals surface area (Å²) in [5, 5.41) is 19.0. The molecule has 2 aromatic carbocycles. The molecule has 1 aliphatic heterocycles. The van der Waals surface area contributed by atoms with Crippen LogP contribution in [0.1, 0.15) is 53.1 Å². The molecule has 2 heterocycles. The van der Waals surface area contributed by atoms with E-state index < -0.39 is 30.3 Å². The summed E-state index contributed by atoms with van der Waals surface area (Å²) in [6.07, 6.45) is -5.81. The average Bonchev–Trinajstić information content (AvgIpc) is 3.18. The second-order valence-electron chi connectivity index (χ2n) is 8.32. The van der Waals surface area contributed by atoms with Gasteiger partial charge >= 0.3 is 6.18 Å². The maximum atomic E-state index is 14.1. The molecule has 1 amide bonds. The van der Waals surface area contributed by atoms with Gasteiger partial charge in [0.15, 0.2) is 23.2 Å². The lowest BCUT2D eigenvalue weighted by Gasteiger charge is -2.33. The summed E-state index contributed by atoms with van der Waals surface area (Å²) in [6, 6.07) is 8.45. The zero-order chi connectivity index (χ0) is 26.2. The predicted molar refractivity (Wildman–Crippen MR) is 128 cm³/mol. The van der Waals surface area contributed by atoms with Gasteiger partial charge in [0.2, 0.25) is 0 Å². The van der Waals surface area contributed by atoms with Crippen LogP contribution in [0.5, 0.6) is 11.5 Å². The van der Waals surface area contributed by atoms with Gasteiger partial charge in [0.25, 0.3) is 5.91 Å². The summed E-state index contributed by atoms with van der Waals surface area (Å²) in [7, 11) is 2.89. The second kappa shape index (κ2) is 9.90. The maximum absolute atomic E-state index is 14.1. The Hall–Kier alpha value is -3.44. The highest BCUT2D eigenvalue weighted by atomic mass is 35.5. The van der Waals surface area contributed by atoms with Crippen molar-refractivity contribution in [3.63, 3.8) is 0 Å². The Kier molecular flexibility index (Phi) is 7.05. The molecule has 4 rings (SSSR count). The number of hydrogen-bond acceptors (Lipinski definition) is 6. The summed E-state index contributed by atoms with van der Waals surface area (Å²) >= 11 is 6.40. The molecule has 0 saturated heterocycles. The molecule has 0 saturated carbocycles. The van der Waals surface area contributed by atoms with Crippen molar-refractivity contribution >= 4 is 29.0 Å². The maximum Gasteiger partial charge on any atom is 0.410 e. The van der Waals surface area contributed by atoms with Crippen molar-refractivity contribution in [1.82, 2.24) is 9.78 Å². The summed E-state index contributed by atoms with van der Waals surface area (Å²) in [4.78, 5) is 12.9. The third-order valence-corrected chi connectivity index (χ3v) is 6.31. The first-order valence-corrected chi connectivity index (χ1v) is 11.3. The van der Waals surface area contributed by atoms with Crippen molar-refractivity contribution in [2.45, 2.75) is 37.7 Å². The van der Waals surface area contributed by atoms with E-state index in [9.17, 15) is 23.1 Å². The van der Waals surface area contributed by atoms with Gasteiger partial charge in [0.05, 0.1) is 26.4 Å². The molecular weight excluding hydrogens is 501 g/mol. The van der Waals surface area contributed by atoms with Gasteiger partial charge in [-0.3, -0.25) is 4.79 Å². The van der Waals surface area contributed by atoms with E-state index in [1.54, 1.807) is 49.4 Å². The Morgan fingerprint density at radius 2 is 1.94 bits per heavy atom. The average molecular weight is 525 g/mol. The lowest BCUT2D eigenvalue weighted by Crippen LogP contribution is -2.35. The van der Waals surface area contributed by atoms with Crippen LogP contribution in [0, 0.1) is 0 Å². The highest BCUT2D eigenvalue weighted by Crippen LogP contribution is 2.47. The molecule has 0 spiro atoms. The highest BCUT2D eigenvalue weighted by Gasteiger charge is 2.48. The number of benzene rings is 2. The van der Waals surface area contributed by atoms with Crippen molar-refractivity contribution < 1.29 is 32.5 Å². The number of aliphatic hydroxyl groups excluding tert-OH is 1. The molecule has 0 radical (unpaired) electrons.